The van der Waals surface area contributed by atoms with Crippen LogP contribution in [-0.4, -0.2) is 59.7 Å². The van der Waals surface area contributed by atoms with Crippen LogP contribution in [0.2, 0.25) is 0 Å². The molecule has 28 heavy (non-hydrogen) atoms. The third kappa shape index (κ3) is 3.78. The summed E-state index contributed by atoms with van der Waals surface area (Å²) >= 11 is 0. The number of nitro benzene ring substituents is 1. The van der Waals surface area contributed by atoms with Gasteiger partial charge in [0.05, 0.1) is 11.5 Å². The van der Waals surface area contributed by atoms with Crippen LogP contribution in [0.5, 0.6) is 5.75 Å². The Kier molecular flexibility index (Phi) is 5.27. The monoisotopic (exact) mass is 391 g/mol. The average molecular weight is 391 g/mol. The van der Waals surface area contributed by atoms with Crippen LogP contribution < -0.4 is 9.64 Å². The Morgan fingerprint density at radius 2 is 1.93 bits per heavy atom. The molecule has 0 radical (unpaired) electrons. The van der Waals surface area contributed by atoms with Gasteiger partial charge in [-0.1, -0.05) is 0 Å². The Morgan fingerprint density at radius 3 is 2.50 bits per heavy atom. The number of ether oxygens (including phenoxy) is 2. The van der Waals surface area contributed by atoms with E-state index in [-0.39, 0.29) is 22.2 Å². The van der Waals surface area contributed by atoms with E-state index in [2.05, 4.69) is 4.90 Å². The number of benzene rings is 1. The lowest BCUT2D eigenvalue weighted by Crippen LogP contribution is -2.58. The van der Waals surface area contributed by atoms with Crippen LogP contribution in [0.3, 0.4) is 0 Å². The molecular formula is C20H29N3O5. The quantitative estimate of drug-likeness (QED) is 0.433. The molecule has 1 fully saturated rings. The molecule has 0 bridgehead atoms. The molecule has 1 aromatic carbocycles. The molecule has 0 unspecified atom stereocenters. The Balaban J connectivity index is 1.79. The van der Waals surface area contributed by atoms with Crippen LogP contribution in [0.25, 0.3) is 0 Å². The van der Waals surface area contributed by atoms with E-state index in [9.17, 15) is 14.9 Å². The zero-order valence-electron chi connectivity index (χ0n) is 17.3. The maximum Gasteiger partial charge on any atom is 0.325 e. The molecule has 0 N–H and O–H groups in total. The third-order valence-corrected chi connectivity index (χ3v) is 5.54. The largest absolute Gasteiger partial charge is 0.487 e. The van der Waals surface area contributed by atoms with Gasteiger partial charge in [-0.05, 0) is 34.6 Å². The number of fused-ring (bicyclic) bond motifs is 1. The Labute approximate surface area is 165 Å². The fourth-order valence-electron chi connectivity index (χ4n) is 3.97. The predicted molar refractivity (Wildman–Crippen MR) is 106 cm³/mol. The lowest BCUT2D eigenvalue weighted by molar-refractivity contribution is -0.384. The molecule has 1 aromatic rings. The Hall–Kier alpha value is -2.35. The van der Waals surface area contributed by atoms with E-state index in [1.165, 1.54) is 0 Å². The summed E-state index contributed by atoms with van der Waals surface area (Å²) in [5, 5.41) is 11.7. The minimum atomic E-state index is -0.723. The summed E-state index contributed by atoms with van der Waals surface area (Å²) in [6.45, 7) is 12.2. The molecule has 0 saturated carbocycles. The smallest absolute Gasteiger partial charge is 0.325 e. The molecule has 8 nitrogen and oxygen atoms in total. The molecule has 2 aliphatic rings. The van der Waals surface area contributed by atoms with Crippen molar-refractivity contribution < 1.29 is 19.2 Å². The number of anilines is 1. The van der Waals surface area contributed by atoms with Gasteiger partial charge in [0.25, 0.3) is 5.69 Å². The Morgan fingerprint density at radius 1 is 1.29 bits per heavy atom. The van der Waals surface area contributed by atoms with E-state index in [1.54, 1.807) is 19.1 Å². The highest BCUT2D eigenvalue weighted by Gasteiger charge is 2.39. The van der Waals surface area contributed by atoms with Crippen LogP contribution in [0.1, 0.15) is 40.2 Å². The third-order valence-electron chi connectivity index (χ3n) is 5.54. The van der Waals surface area contributed by atoms with Gasteiger partial charge < -0.3 is 14.4 Å². The van der Waals surface area contributed by atoms with Gasteiger partial charge >= 0.3 is 5.97 Å². The van der Waals surface area contributed by atoms with Crippen LogP contribution in [-0.2, 0) is 16.0 Å². The molecule has 0 aromatic heterocycles. The second kappa shape index (κ2) is 7.24. The maximum absolute atomic E-state index is 12.3. The molecule has 0 atom stereocenters. The van der Waals surface area contributed by atoms with Crippen molar-refractivity contribution in [1.29, 1.82) is 0 Å². The van der Waals surface area contributed by atoms with Crippen LogP contribution in [0, 0.1) is 10.1 Å². The zero-order chi connectivity index (χ0) is 20.7. The SMILES string of the molecule is CCOC(=O)C(C)(C)N1CCN(c2cc3c(cc2[N+](=O)[O-])CC(C)(C)O3)CC1. The normalized spacial score (nSPS) is 19.1. The van der Waals surface area contributed by atoms with Gasteiger partial charge in [-0.3, -0.25) is 19.8 Å². The molecule has 2 heterocycles. The molecule has 1 saturated heterocycles. The van der Waals surface area contributed by atoms with Gasteiger partial charge in [-0.15, -0.1) is 0 Å². The van der Waals surface area contributed by atoms with Crippen molar-refractivity contribution in [2.24, 2.45) is 0 Å². The van der Waals surface area contributed by atoms with E-state index < -0.39 is 5.54 Å². The number of nitrogens with zero attached hydrogens (tertiary/aromatic N) is 3. The molecule has 0 aliphatic carbocycles. The fourth-order valence-corrected chi connectivity index (χ4v) is 3.97. The summed E-state index contributed by atoms with van der Waals surface area (Å²) < 4.78 is 11.2. The van der Waals surface area contributed by atoms with Crippen molar-refractivity contribution in [3.63, 3.8) is 0 Å². The first kappa shape index (κ1) is 20.4. The lowest BCUT2D eigenvalue weighted by atomic mass is 10.00. The maximum atomic E-state index is 12.3. The van der Waals surface area contributed by atoms with E-state index in [1.807, 2.05) is 32.6 Å². The highest BCUT2D eigenvalue weighted by molar-refractivity contribution is 5.80. The minimum Gasteiger partial charge on any atom is -0.487 e. The number of carbonyl (C=O) groups is 1. The van der Waals surface area contributed by atoms with Crippen LogP contribution >= 0.6 is 0 Å². The van der Waals surface area contributed by atoms with Crippen molar-refractivity contribution in [2.75, 3.05) is 37.7 Å². The molecule has 3 rings (SSSR count). The molecule has 154 valence electrons. The first-order valence-electron chi connectivity index (χ1n) is 9.72. The highest BCUT2D eigenvalue weighted by atomic mass is 16.6. The van der Waals surface area contributed by atoms with E-state index in [0.717, 1.165) is 11.3 Å². The first-order valence-corrected chi connectivity index (χ1v) is 9.72. The number of nitro groups is 1. The van der Waals surface area contributed by atoms with Crippen molar-refractivity contribution in [3.05, 3.63) is 27.8 Å². The molecule has 0 spiro atoms. The summed E-state index contributed by atoms with van der Waals surface area (Å²) in [4.78, 5) is 27.7. The summed E-state index contributed by atoms with van der Waals surface area (Å²) in [6.07, 6.45) is 0.658. The van der Waals surface area contributed by atoms with Gasteiger partial charge in [0.15, 0.2) is 0 Å². The number of piperazine rings is 1. The summed E-state index contributed by atoms with van der Waals surface area (Å²) in [7, 11) is 0. The number of esters is 1. The van der Waals surface area contributed by atoms with Crippen LogP contribution in [0.15, 0.2) is 12.1 Å². The van der Waals surface area contributed by atoms with Crippen molar-refractivity contribution in [3.8, 4) is 5.75 Å². The van der Waals surface area contributed by atoms with Gasteiger partial charge in [-0.2, -0.15) is 0 Å². The molecular weight excluding hydrogens is 362 g/mol. The topological polar surface area (TPSA) is 85.2 Å². The highest BCUT2D eigenvalue weighted by Crippen LogP contribution is 2.42. The van der Waals surface area contributed by atoms with Gasteiger partial charge in [0, 0.05) is 50.3 Å². The molecule has 8 heteroatoms. The van der Waals surface area contributed by atoms with Gasteiger partial charge in [0.2, 0.25) is 0 Å². The molecule has 0 amide bonds. The summed E-state index contributed by atoms with van der Waals surface area (Å²) in [6, 6.07) is 3.45. The van der Waals surface area contributed by atoms with Crippen LogP contribution in [0.4, 0.5) is 11.4 Å². The van der Waals surface area contributed by atoms with Gasteiger partial charge in [0.1, 0.15) is 22.6 Å². The predicted octanol–water partition coefficient (Wildman–Crippen LogP) is 2.77. The standard InChI is InChI=1S/C20H29N3O5/c1-6-27-18(24)20(4,5)22-9-7-21(8-10-22)15-12-17-14(11-16(15)23(25)26)13-19(2,3)28-17/h11-12H,6-10,13H2,1-5H3. The van der Waals surface area contributed by atoms with E-state index in [4.69, 9.17) is 9.47 Å². The summed E-state index contributed by atoms with van der Waals surface area (Å²) in [5.41, 5.74) is 0.492. The number of hydrogen-bond acceptors (Lipinski definition) is 7. The first-order chi connectivity index (χ1) is 13.0. The molecule has 2 aliphatic heterocycles. The Bertz CT molecular complexity index is 782. The zero-order valence-corrected chi connectivity index (χ0v) is 17.3. The van der Waals surface area contributed by atoms with Crippen molar-refractivity contribution in [1.82, 2.24) is 4.90 Å². The number of hydrogen-bond donors (Lipinski definition) is 0. The lowest BCUT2D eigenvalue weighted by Gasteiger charge is -2.42. The second-order valence-electron chi connectivity index (χ2n) is 8.50. The second-order valence-corrected chi connectivity index (χ2v) is 8.50. The van der Waals surface area contributed by atoms with Gasteiger partial charge in [-0.25, -0.2) is 0 Å². The number of rotatable bonds is 5. The van der Waals surface area contributed by atoms with Crippen molar-refractivity contribution >= 4 is 17.3 Å². The van der Waals surface area contributed by atoms with Crippen molar-refractivity contribution in [2.45, 2.75) is 52.2 Å². The average Bonchev–Trinajstić information content (AvgIpc) is 2.93. The fraction of sp³-hybridized carbons (Fsp3) is 0.650. The van der Waals surface area contributed by atoms with E-state index in [0.29, 0.717) is 44.9 Å². The van der Waals surface area contributed by atoms with E-state index >= 15 is 0 Å². The summed E-state index contributed by atoms with van der Waals surface area (Å²) in [5.74, 6) is 0.475. The number of carbonyl (C=O) groups excluding carboxylic acids is 1. The minimum absolute atomic E-state index is 0.109.